The van der Waals surface area contributed by atoms with Crippen molar-refractivity contribution < 1.29 is 19.5 Å². The van der Waals surface area contributed by atoms with Gasteiger partial charge in [0.2, 0.25) is 0 Å². The first kappa shape index (κ1) is 53.4. The average molecular weight is 293 g/mol. The molecule has 0 aromatic carbocycles. The van der Waals surface area contributed by atoms with Crippen LogP contribution in [-0.4, -0.2) is 25.8 Å². The second-order valence-corrected chi connectivity index (χ2v) is 0. The molecule has 0 fully saturated rings. The fourth-order valence-corrected chi connectivity index (χ4v) is 0. The Morgan fingerprint density at radius 1 is 0.600 bits per heavy atom. The maximum Gasteiger partial charge on any atom is 0 e. The number of rotatable bonds is 0. The molecule has 0 saturated heterocycles. The van der Waals surface area contributed by atoms with E-state index in [2.05, 4.69) is 0 Å². The van der Waals surface area contributed by atoms with Gasteiger partial charge in [-0.2, -0.15) is 0 Å². The summed E-state index contributed by atoms with van der Waals surface area (Å²) in [5.74, 6) is 0. The first-order chi connectivity index (χ1) is 0. The molecule has 0 amide bonds. The van der Waals surface area contributed by atoms with Crippen LogP contribution < -0.4 is 0 Å². The Hall–Kier alpha value is 2.36. The summed E-state index contributed by atoms with van der Waals surface area (Å²) in [5.41, 5.74) is 0. The van der Waals surface area contributed by atoms with E-state index in [9.17, 15) is 0 Å². The summed E-state index contributed by atoms with van der Waals surface area (Å²) in [6, 6.07) is 0. The van der Waals surface area contributed by atoms with Crippen LogP contribution in [0.1, 0.15) is 0 Å². The quantitative estimate of drug-likeness (QED) is 0.555. The van der Waals surface area contributed by atoms with Crippen LogP contribution in [0, 0.1) is 0 Å². The Morgan fingerprint density at radius 3 is 0.600 bits per heavy atom. The van der Waals surface area contributed by atoms with Gasteiger partial charge in [0, 0.05) is 19.5 Å². The van der Waals surface area contributed by atoms with E-state index in [4.69, 9.17) is 0 Å². The molecule has 0 rings (SSSR count). The molecule has 0 aliphatic rings. The Kier molecular flexibility index (Phi) is 350. The zero-order chi connectivity index (χ0) is 0. The number of hydrogen-bond donors (Lipinski definition) is 0. The molecule has 0 radical (unpaired) electrons. The first-order valence-electron chi connectivity index (χ1n) is 0. The van der Waals surface area contributed by atoms with Gasteiger partial charge < -0.3 is 0 Å². The summed E-state index contributed by atoms with van der Waals surface area (Å²) in [6.07, 6.45) is 0. The van der Waals surface area contributed by atoms with Crippen LogP contribution in [0.15, 0.2) is 0 Å². The van der Waals surface area contributed by atoms with Crippen molar-refractivity contribution in [3.63, 3.8) is 0 Å². The van der Waals surface area contributed by atoms with Crippen LogP contribution in [0.2, 0.25) is 0 Å². The molecule has 0 bridgehead atoms. The summed E-state index contributed by atoms with van der Waals surface area (Å²) in [4.78, 5) is 0. The van der Waals surface area contributed by atoms with Crippen molar-refractivity contribution >= 4 is 63.1 Å². The molecule has 0 unspecified atom stereocenters. The minimum atomic E-state index is 0. The van der Waals surface area contributed by atoms with Gasteiger partial charge in [0.1, 0.15) is 0 Å². The second kappa shape index (κ2) is 32.8. The molecule has 0 atom stereocenters. The normalized spacial score (nSPS) is 0. The Labute approximate surface area is 81.6 Å². The van der Waals surface area contributed by atoms with Crippen LogP contribution >= 0.6 is 37.2 Å². The van der Waals surface area contributed by atoms with Gasteiger partial charge >= 0.3 is 25.8 Å². The third-order valence-corrected chi connectivity index (χ3v) is 0. The van der Waals surface area contributed by atoms with Gasteiger partial charge in [-0.05, 0) is 0 Å². The first-order valence-corrected chi connectivity index (χ1v) is 0. The third kappa shape index (κ3) is 21.7. The fraction of sp³-hybridized carbons (Fsp3) is 0. The van der Waals surface area contributed by atoms with E-state index in [0.29, 0.717) is 0 Å². The summed E-state index contributed by atoms with van der Waals surface area (Å²) >= 11 is 0. The molecule has 0 aromatic rings. The Bertz CT molecular complexity index is 6.85. The topological polar surface area (TPSA) is 0 Å². The van der Waals surface area contributed by atoms with Gasteiger partial charge in [0.05, 0.1) is 0 Å². The van der Waals surface area contributed by atoms with Gasteiger partial charge in [-0.15, -0.1) is 37.2 Å². The van der Waals surface area contributed by atoms with Crippen LogP contribution in [0.25, 0.3) is 0 Å². The zero-order valence-corrected chi connectivity index (χ0v) is 7.35. The number of halogens is 3. The van der Waals surface area contributed by atoms with Gasteiger partial charge in [-0.25, -0.2) is 0 Å². The van der Waals surface area contributed by atoms with Gasteiger partial charge in [0.25, 0.3) is 0 Å². The van der Waals surface area contributed by atoms with Gasteiger partial charge in [-0.3, -0.25) is 0 Å². The van der Waals surface area contributed by atoms with Crippen molar-refractivity contribution in [1.29, 1.82) is 0 Å². The maximum atomic E-state index is 0. The average Bonchev–Trinajstić information content (AvgIpc) is 0. The van der Waals surface area contributed by atoms with Gasteiger partial charge in [0.15, 0.2) is 0 Å². The zero-order valence-electron chi connectivity index (χ0n) is 1.93. The Morgan fingerprint density at radius 2 is 0.600 bits per heavy atom. The van der Waals surface area contributed by atoms with Crippen molar-refractivity contribution in [3.8, 4) is 0 Å². The predicted molar refractivity (Wildman–Crippen MR) is 31.7 cm³/mol. The molecule has 32 valence electrons. The van der Waals surface area contributed by atoms with E-state index < -0.39 is 0 Å². The summed E-state index contributed by atoms with van der Waals surface area (Å²) in [5, 5.41) is 0. The van der Waals surface area contributed by atoms with Crippen molar-refractivity contribution in [2.45, 2.75) is 0 Å². The molecule has 0 N–H and O–H groups in total. The van der Waals surface area contributed by atoms with Gasteiger partial charge in [-0.1, -0.05) is 0 Å². The van der Waals surface area contributed by atoms with E-state index in [1.54, 1.807) is 0 Å². The van der Waals surface area contributed by atoms with Crippen molar-refractivity contribution in [1.82, 2.24) is 0 Å². The fourth-order valence-electron chi connectivity index (χ4n) is 0. The number of hydrogen-bond acceptors (Lipinski definition) is 0. The van der Waals surface area contributed by atoms with E-state index in [-0.39, 0.29) is 82.5 Å². The standard InChI is InChI=1S/3ClH.In.Zn.3H/h3*1H;;;;;. The van der Waals surface area contributed by atoms with Crippen LogP contribution in [-0.2, 0) is 19.5 Å². The summed E-state index contributed by atoms with van der Waals surface area (Å²) < 4.78 is 0. The van der Waals surface area contributed by atoms with Crippen LogP contribution in [0.4, 0.5) is 0 Å². The maximum absolute atomic E-state index is 0. The monoisotopic (exact) mass is 290 g/mol. The molecule has 5 heteroatoms. The molecule has 0 heterocycles. The van der Waals surface area contributed by atoms with Crippen LogP contribution in [0.5, 0.6) is 0 Å². The van der Waals surface area contributed by atoms with E-state index in [1.165, 1.54) is 0 Å². The summed E-state index contributed by atoms with van der Waals surface area (Å²) in [7, 11) is 0. The molecule has 0 nitrogen and oxygen atoms in total. The molecule has 0 saturated carbocycles. The van der Waals surface area contributed by atoms with E-state index >= 15 is 0 Å². The molecular weight excluding hydrogens is 287 g/mol. The predicted octanol–water partition coefficient (Wildman–Crippen LogP) is 0.0790. The molecule has 5 heavy (non-hydrogen) atoms. The third-order valence-electron chi connectivity index (χ3n) is 0. The smallest absolute Gasteiger partial charge is 0 e. The summed E-state index contributed by atoms with van der Waals surface area (Å²) in [6.45, 7) is 0. The second-order valence-electron chi connectivity index (χ2n) is 0. The molecule has 0 aliphatic carbocycles. The SMILES string of the molecule is Cl.Cl.Cl.[InH3].[Zn]. The van der Waals surface area contributed by atoms with Crippen molar-refractivity contribution in [2.24, 2.45) is 0 Å². The van der Waals surface area contributed by atoms with Crippen molar-refractivity contribution in [3.05, 3.63) is 0 Å². The minimum Gasteiger partial charge on any atom is 0 e. The molecule has 0 spiro atoms. The largest absolute Gasteiger partial charge is 0 e. The van der Waals surface area contributed by atoms with E-state index in [1.807, 2.05) is 0 Å². The molecule has 0 aliphatic heterocycles. The van der Waals surface area contributed by atoms with Crippen molar-refractivity contribution in [2.75, 3.05) is 0 Å². The minimum absolute atomic E-state index is 0. The van der Waals surface area contributed by atoms with E-state index in [0.717, 1.165) is 0 Å². The van der Waals surface area contributed by atoms with Crippen LogP contribution in [0.3, 0.4) is 0 Å². The molecular formula is H6Cl3InZn. The molecule has 0 aromatic heterocycles. The Balaban J connectivity index is 0.